The number of ether oxygens (including phenoxy) is 1. The van der Waals surface area contributed by atoms with Crippen LogP contribution in [0.2, 0.25) is 0 Å². The molecular formula is C7H16O3. The van der Waals surface area contributed by atoms with Crippen molar-refractivity contribution in [2.75, 3.05) is 13.2 Å². The quantitative estimate of drug-likeness (QED) is 0.617. The first kappa shape index (κ1) is 12.1. The second-order valence-electron chi connectivity index (χ2n) is 1.72. The van der Waals surface area contributed by atoms with E-state index < -0.39 is 5.97 Å². The molecule has 3 heteroatoms. The number of carboxylic acids is 1. The van der Waals surface area contributed by atoms with E-state index in [1.807, 2.05) is 6.92 Å². The topological polar surface area (TPSA) is 46.5 Å². The van der Waals surface area contributed by atoms with Gasteiger partial charge >= 0.3 is 0 Å². The summed E-state index contributed by atoms with van der Waals surface area (Å²) in [6.45, 7) is 6.97. The van der Waals surface area contributed by atoms with Crippen LogP contribution in [0.3, 0.4) is 0 Å². The average molecular weight is 148 g/mol. The summed E-state index contributed by atoms with van der Waals surface area (Å²) in [5.41, 5.74) is 0. The molecule has 0 spiro atoms. The predicted molar refractivity (Wildman–Crippen MR) is 40.1 cm³/mol. The Hall–Kier alpha value is -0.570. The van der Waals surface area contributed by atoms with Gasteiger partial charge in [0.1, 0.15) is 0 Å². The zero-order valence-corrected chi connectivity index (χ0v) is 6.89. The maximum absolute atomic E-state index is 9.00. The highest BCUT2D eigenvalue weighted by Gasteiger charge is 1.72. The summed E-state index contributed by atoms with van der Waals surface area (Å²) in [6, 6.07) is 0. The second kappa shape index (κ2) is 11.3. The lowest BCUT2D eigenvalue weighted by molar-refractivity contribution is -0.134. The van der Waals surface area contributed by atoms with Gasteiger partial charge in [0, 0.05) is 20.1 Å². The largest absolute Gasteiger partial charge is 0.481 e. The van der Waals surface area contributed by atoms with Crippen molar-refractivity contribution in [1.82, 2.24) is 0 Å². The minimum Gasteiger partial charge on any atom is -0.481 e. The van der Waals surface area contributed by atoms with Crippen LogP contribution < -0.4 is 0 Å². The van der Waals surface area contributed by atoms with Crippen molar-refractivity contribution in [2.24, 2.45) is 0 Å². The molecule has 0 aromatic rings. The molecule has 0 saturated carbocycles. The molecular weight excluding hydrogens is 132 g/mol. The van der Waals surface area contributed by atoms with Crippen LogP contribution in [0.4, 0.5) is 0 Å². The van der Waals surface area contributed by atoms with Crippen LogP contribution in [0.1, 0.15) is 27.2 Å². The molecule has 0 aromatic heterocycles. The van der Waals surface area contributed by atoms with E-state index in [0.717, 1.165) is 26.6 Å². The van der Waals surface area contributed by atoms with E-state index in [0.29, 0.717) is 0 Å². The van der Waals surface area contributed by atoms with Gasteiger partial charge in [-0.15, -0.1) is 0 Å². The van der Waals surface area contributed by atoms with E-state index in [1.165, 1.54) is 0 Å². The van der Waals surface area contributed by atoms with E-state index in [1.54, 1.807) is 0 Å². The smallest absolute Gasteiger partial charge is 0.300 e. The Balaban J connectivity index is 0. The molecule has 1 N–H and O–H groups in total. The molecule has 3 nitrogen and oxygen atoms in total. The third-order valence-electron chi connectivity index (χ3n) is 0.553. The fraction of sp³-hybridized carbons (Fsp3) is 0.857. The Morgan fingerprint density at radius 2 is 1.90 bits per heavy atom. The summed E-state index contributed by atoms with van der Waals surface area (Å²) < 4.78 is 4.98. The van der Waals surface area contributed by atoms with Crippen molar-refractivity contribution < 1.29 is 14.6 Å². The Bertz CT molecular complexity index is 63.3. The van der Waals surface area contributed by atoms with Gasteiger partial charge in [-0.1, -0.05) is 6.92 Å². The van der Waals surface area contributed by atoms with Crippen molar-refractivity contribution in [2.45, 2.75) is 27.2 Å². The molecule has 0 radical (unpaired) electrons. The van der Waals surface area contributed by atoms with Crippen LogP contribution in [0.15, 0.2) is 0 Å². The monoisotopic (exact) mass is 148 g/mol. The van der Waals surface area contributed by atoms with Gasteiger partial charge in [-0.3, -0.25) is 4.79 Å². The second-order valence-corrected chi connectivity index (χ2v) is 1.72. The minimum atomic E-state index is -0.833. The first-order chi connectivity index (χ1) is 4.65. The van der Waals surface area contributed by atoms with Crippen LogP contribution in [0.5, 0.6) is 0 Å². The fourth-order valence-electron chi connectivity index (χ4n) is 0.289. The number of aliphatic carboxylic acids is 1. The number of carboxylic acid groups (broad SMARTS) is 1. The molecule has 0 aliphatic rings. The standard InChI is InChI=1S/C5H12O.C2H4O2/c1-3-5-6-4-2;1-2(3)4/h3-5H2,1-2H3;1H3,(H,3,4). The van der Waals surface area contributed by atoms with Crippen LogP contribution >= 0.6 is 0 Å². The van der Waals surface area contributed by atoms with Crippen molar-refractivity contribution in [1.29, 1.82) is 0 Å². The van der Waals surface area contributed by atoms with E-state index in [9.17, 15) is 0 Å². The van der Waals surface area contributed by atoms with Crippen LogP contribution in [-0.4, -0.2) is 24.3 Å². The molecule has 0 fully saturated rings. The zero-order chi connectivity index (χ0) is 8.41. The van der Waals surface area contributed by atoms with Gasteiger partial charge < -0.3 is 9.84 Å². The Morgan fingerprint density at radius 1 is 1.50 bits per heavy atom. The average Bonchev–Trinajstić information content (AvgIpc) is 1.82. The van der Waals surface area contributed by atoms with Crippen LogP contribution in [0, 0.1) is 0 Å². The summed E-state index contributed by atoms with van der Waals surface area (Å²) in [7, 11) is 0. The molecule has 0 heterocycles. The molecule has 0 saturated heterocycles. The first-order valence-electron chi connectivity index (χ1n) is 3.42. The van der Waals surface area contributed by atoms with Crippen LogP contribution in [-0.2, 0) is 9.53 Å². The number of carbonyl (C=O) groups is 1. The Morgan fingerprint density at radius 3 is 2.00 bits per heavy atom. The molecule has 0 aliphatic heterocycles. The molecule has 0 rings (SSSR count). The third kappa shape index (κ3) is 52.0. The summed E-state index contributed by atoms with van der Waals surface area (Å²) in [5, 5.41) is 7.42. The van der Waals surface area contributed by atoms with Gasteiger partial charge in [-0.2, -0.15) is 0 Å². The van der Waals surface area contributed by atoms with E-state index >= 15 is 0 Å². The first-order valence-corrected chi connectivity index (χ1v) is 3.42. The summed E-state index contributed by atoms with van der Waals surface area (Å²) in [4.78, 5) is 9.00. The molecule has 0 aliphatic carbocycles. The normalized spacial score (nSPS) is 7.90. The molecule has 0 unspecified atom stereocenters. The Kier molecular flexibility index (Phi) is 13.7. The minimum absolute atomic E-state index is 0.833. The highest BCUT2D eigenvalue weighted by Crippen LogP contribution is 1.75. The van der Waals surface area contributed by atoms with Crippen LogP contribution in [0.25, 0.3) is 0 Å². The van der Waals surface area contributed by atoms with Gasteiger partial charge in [0.15, 0.2) is 0 Å². The number of rotatable bonds is 3. The zero-order valence-electron chi connectivity index (χ0n) is 6.89. The van der Waals surface area contributed by atoms with Crippen molar-refractivity contribution >= 4 is 5.97 Å². The molecule has 10 heavy (non-hydrogen) atoms. The van der Waals surface area contributed by atoms with Gasteiger partial charge in [0.25, 0.3) is 5.97 Å². The molecule has 0 amide bonds. The summed E-state index contributed by atoms with van der Waals surface area (Å²) in [5.74, 6) is -0.833. The van der Waals surface area contributed by atoms with Crippen molar-refractivity contribution in [3.05, 3.63) is 0 Å². The van der Waals surface area contributed by atoms with Gasteiger partial charge in [0.2, 0.25) is 0 Å². The molecule has 0 atom stereocenters. The highest BCUT2D eigenvalue weighted by molar-refractivity contribution is 5.62. The maximum atomic E-state index is 9.00. The number of hydrogen-bond donors (Lipinski definition) is 1. The SMILES string of the molecule is CC(=O)O.CCCOCC. The lowest BCUT2D eigenvalue weighted by Crippen LogP contribution is -1.88. The van der Waals surface area contributed by atoms with Crippen molar-refractivity contribution in [3.63, 3.8) is 0 Å². The molecule has 0 bridgehead atoms. The molecule has 0 aromatic carbocycles. The van der Waals surface area contributed by atoms with E-state index in [4.69, 9.17) is 14.6 Å². The maximum Gasteiger partial charge on any atom is 0.300 e. The number of hydrogen-bond acceptors (Lipinski definition) is 2. The molecule has 62 valence electrons. The fourth-order valence-corrected chi connectivity index (χ4v) is 0.289. The lowest BCUT2D eigenvalue weighted by Gasteiger charge is -1.91. The predicted octanol–water partition coefficient (Wildman–Crippen LogP) is 1.52. The lowest BCUT2D eigenvalue weighted by atomic mass is 10.5. The summed E-state index contributed by atoms with van der Waals surface area (Å²) in [6.07, 6.45) is 1.13. The van der Waals surface area contributed by atoms with Gasteiger partial charge in [0.05, 0.1) is 0 Å². The summed E-state index contributed by atoms with van der Waals surface area (Å²) >= 11 is 0. The Labute approximate surface area is 62.0 Å². The third-order valence-corrected chi connectivity index (χ3v) is 0.553. The highest BCUT2D eigenvalue weighted by atomic mass is 16.5. The van der Waals surface area contributed by atoms with Crippen molar-refractivity contribution in [3.8, 4) is 0 Å². The van der Waals surface area contributed by atoms with E-state index in [-0.39, 0.29) is 0 Å². The van der Waals surface area contributed by atoms with Gasteiger partial charge in [-0.05, 0) is 13.3 Å². The van der Waals surface area contributed by atoms with Gasteiger partial charge in [-0.25, -0.2) is 0 Å². The van der Waals surface area contributed by atoms with E-state index in [2.05, 4.69) is 6.92 Å².